The number of fused-ring (bicyclic) bond motifs is 3. The number of Topliss-reactive ketones (excluding diaryl/α,β-unsaturated/α-hetero) is 2. The molecule has 5 rings (SSSR count). The van der Waals surface area contributed by atoms with Gasteiger partial charge in [-0.2, -0.15) is 0 Å². The highest BCUT2D eigenvalue weighted by Crippen LogP contribution is 2.55. The van der Waals surface area contributed by atoms with E-state index in [4.69, 9.17) is 4.74 Å². The van der Waals surface area contributed by atoms with Gasteiger partial charge >= 0.3 is 0 Å². The molecule has 3 aliphatic carbocycles. The van der Waals surface area contributed by atoms with Crippen LogP contribution in [0.1, 0.15) is 104 Å². The van der Waals surface area contributed by atoms with Gasteiger partial charge in [0.25, 0.3) is 0 Å². The zero-order valence-corrected chi connectivity index (χ0v) is 23.0. The van der Waals surface area contributed by atoms with E-state index in [-0.39, 0.29) is 11.7 Å². The molecular formula is C32H46O3. The predicted octanol–water partition coefficient (Wildman–Crippen LogP) is 8.39. The Morgan fingerprint density at radius 2 is 1.37 bits per heavy atom. The summed E-state index contributed by atoms with van der Waals surface area (Å²) in [5.41, 5.74) is 6.27. The Balaban J connectivity index is 0.000000184. The fourth-order valence-corrected chi connectivity index (χ4v) is 4.50. The summed E-state index contributed by atoms with van der Waals surface area (Å²) in [6.07, 6.45) is 8.33. The highest BCUT2D eigenvalue weighted by atomic mass is 16.5. The van der Waals surface area contributed by atoms with E-state index in [1.54, 1.807) is 13.8 Å². The average Bonchev–Trinajstić information content (AvgIpc) is 3.80. The van der Waals surface area contributed by atoms with Crippen LogP contribution in [0.2, 0.25) is 0 Å². The molecule has 3 aliphatic rings. The van der Waals surface area contributed by atoms with Crippen LogP contribution in [0.15, 0.2) is 48.5 Å². The normalized spacial score (nSPS) is 17.1. The lowest BCUT2D eigenvalue weighted by Crippen LogP contribution is -2.13. The van der Waals surface area contributed by atoms with Crippen LogP contribution in [0.25, 0.3) is 11.1 Å². The van der Waals surface area contributed by atoms with Crippen LogP contribution < -0.4 is 0 Å². The molecule has 0 spiro atoms. The van der Waals surface area contributed by atoms with Gasteiger partial charge in [0, 0.05) is 25.4 Å². The van der Waals surface area contributed by atoms with E-state index in [1.807, 2.05) is 27.9 Å². The molecule has 2 aromatic rings. The lowest BCUT2D eigenvalue weighted by molar-refractivity contribution is -0.120. The standard InChI is InChI=1S/C15H14.C7H12O.C6H12O.C4H8O/c1-2-11-12-7-3-5-9-14(12)15-10-6-4-8-13(11)15;1-8-7(4-5-7)6-2-3-6;1-4-5(2)6(3)7;1-3-4(2)5/h3-11H,2H2,1H3;6H,2-5H2,1H3;5H,4H2,1-3H3;3H2,1-2H3. The summed E-state index contributed by atoms with van der Waals surface area (Å²) in [6.45, 7) is 11.3. The van der Waals surface area contributed by atoms with Gasteiger partial charge in [0.05, 0.1) is 5.60 Å². The first-order chi connectivity index (χ1) is 16.7. The molecule has 1 unspecified atom stereocenters. The van der Waals surface area contributed by atoms with Gasteiger partial charge in [-0.25, -0.2) is 0 Å². The van der Waals surface area contributed by atoms with E-state index in [0.717, 1.165) is 12.3 Å². The van der Waals surface area contributed by atoms with Crippen LogP contribution in [0.3, 0.4) is 0 Å². The molecule has 0 radical (unpaired) electrons. The summed E-state index contributed by atoms with van der Waals surface area (Å²) < 4.78 is 5.37. The molecule has 1 atom stereocenters. The number of ketones is 2. The lowest BCUT2D eigenvalue weighted by atomic mass is 9.95. The molecule has 2 fully saturated rings. The Kier molecular flexibility index (Phi) is 11.4. The minimum absolute atomic E-state index is 0.255. The van der Waals surface area contributed by atoms with Crippen molar-refractivity contribution in [3.63, 3.8) is 0 Å². The number of hydrogen-bond donors (Lipinski definition) is 0. The van der Waals surface area contributed by atoms with Crippen LogP contribution >= 0.6 is 0 Å². The van der Waals surface area contributed by atoms with Crippen molar-refractivity contribution in [1.82, 2.24) is 0 Å². The van der Waals surface area contributed by atoms with Crippen molar-refractivity contribution in [3.8, 4) is 11.1 Å². The van der Waals surface area contributed by atoms with E-state index in [0.29, 0.717) is 23.7 Å². The highest BCUT2D eigenvalue weighted by molar-refractivity contribution is 5.78. The first-order valence-electron chi connectivity index (χ1n) is 13.5. The van der Waals surface area contributed by atoms with Crippen LogP contribution in [0, 0.1) is 11.8 Å². The van der Waals surface area contributed by atoms with Gasteiger partial charge in [-0.3, -0.25) is 4.79 Å². The second kappa shape index (κ2) is 13.7. The predicted molar refractivity (Wildman–Crippen MR) is 147 cm³/mol. The van der Waals surface area contributed by atoms with E-state index >= 15 is 0 Å². The third-order valence-corrected chi connectivity index (χ3v) is 7.65. The van der Waals surface area contributed by atoms with Crippen molar-refractivity contribution < 1.29 is 14.3 Å². The summed E-state index contributed by atoms with van der Waals surface area (Å²) in [5.74, 6) is 2.37. The fraction of sp³-hybridized carbons (Fsp3) is 0.562. The van der Waals surface area contributed by atoms with Gasteiger partial charge in [-0.15, -0.1) is 0 Å². The molecule has 0 aromatic heterocycles. The topological polar surface area (TPSA) is 43.4 Å². The van der Waals surface area contributed by atoms with E-state index in [9.17, 15) is 9.59 Å². The van der Waals surface area contributed by atoms with Gasteiger partial charge in [0.1, 0.15) is 11.6 Å². The van der Waals surface area contributed by atoms with Crippen molar-refractivity contribution >= 4 is 11.6 Å². The SMILES string of the molecule is CCC(C)=O.CCC(C)C(C)=O.CCC1c2ccccc2-c2ccccc21.COC1(C2CC2)CC1. The molecule has 0 amide bonds. The Labute approximate surface area is 213 Å². The summed E-state index contributed by atoms with van der Waals surface area (Å²) in [5, 5.41) is 0. The molecule has 192 valence electrons. The minimum Gasteiger partial charge on any atom is -0.378 e. The molecule has 0 heterocycles. The molecule has 35 heavy (non-hydrogen) atoms. The molecule has 2 aromatic carbocycles. The fourth-order valence-electron chi connectivity index (χ4n) is 4.50. The monoisotopic (exact) mass is 478 g/mol. The molecule has 0 aliphatic heterocycles. The third-order valence-electron chi connectivity index (χ3n) is 7.65. The minimum atomic E-state index is 0.255. The second-order valence-corrected chi connectivity index (χ2v) is 10.2. The zero-order valence-electron chi connectivity index (χ0n) is 23.0. The Bertz CT molecular complexity index is 907. The maximum Gasteiger partial charge on any atom is 0.132 e. The number of hydrogen-bond acceptors (Lipinski definition) is 3. The van der Waals surface area contributed by atoms with Crippen molar-refractivity contribution in [1.29, 1.82) is 0 Å². The molecule has 3 heteroatoms. The Morgan fingerprint density at radius 3 is 1.60 bits per heavy atom. The number of carbonyl (C=O) groups excluding carboxylic acids is 2. The largest absolute Gasteiger partial charge is 0.378 e. The van der Waals surface area contributed by atoms with Crippen LogP contribution in [0.4, 0.5) is 0 Å². The van der Waals surface area contributed by atoms with Crippen molar-refractivity contribution in [2.24, 2.45) is 11.8 Å². The zero-order chi connectivity index (χ0) is 26.0. The molecule has 0 bridgehead atoms. The number of benzene rings is 2. The molecule has 0 N–H and O–H groups in total. The maximum atomic E-state index is 10.4. The first-order valence-corrected chi connectivity index (χ1v) is 13.5. The average molecular weight is 479 g/mol. The second-order valence-electron chi connectivity index (χ2n) is 10.2. The molecular weight excluding hydrogens is 432 g/mol. The summed E-state index contributed by atoms with van der Waals surface area (Å²) in [6, 6.07) is 17.6. The molecule has 2 saturated carbocycles. The molecule has 0 saturated heterocycles. The summed E-state index contributed by atoms with van der Waals surface area (Å²) in [7, 11) is 1.85. The van der Waals surface area contributed by atoms with Crippen LogP contribution in [-0.2, 0) is 14.3 Å². The Hall–Kier alpha value is -2.26. The van der Waals surface area contributed by atoms with Crippen molar-refractivity contribution in [2.75, 3.05) is 7.11 Å². The lowest BCUT2D eigenvalue weighted by Gasteiger charge is -2.09. The van der Waals surface area contributed by atoms with Crippen LogP contribution in [-0.4, -0.2) is 24.3 Å². The number of rotatable bonds is 6. The van der Waals surface area contributed by atoms with Gasteiger partial charge in [0.15, 0.2) is 0 Å². The summed E-state index contributed by atoms with van der Waals surface area (Å²) in [4.78, 5) is 20.2. The van der Waals surface area contributed by atoms with Gasteiger partial charge in [-0.05, 0) is 80.5 Å². The van der Waals surface area contributed by atoms with Crippen LogP contribution in [0.5, 0.6) is 0 Å². The van der Waals surface area contributed by atoms with E-state index in [2.05, 4.69) is 55.5 Å². The molecule has 3 nitrogen and oxygen atoms in total. The summed E-state index contributed by atoms with van der Waals surface area (Å²) >= 11 is 0. The van der Waals surface area contributed by atoms with Gasteiger partial charge in [-0.1, -0.05) is 76.2 Å². The third kappa shape index (κ3) is 8.14. The smallest absolute Gasteiger partial charge is 0.132 e. The first kappa shape index (κ1) is 29.0. The quantitative estimate of drug-likeness (QED) is 0.419. The highest BCUT2D eigenvalue weighted by Gasteiger charge is 2.54. The Morgan fingerprint density at radius 1 is 0.914 bits per heavy atom. The van der Waals surface area contributed by atoms with Crippen molar-refractivity contribution in [2.45, 2.75) is 98.0 Å². The number of methoxy groups -OCH3 is 1. The van der Waals surface area contributed by atoms with Gasteiger partial charge < -0.3 is 9.53 Å². The van der Waals surface area contributed by atoms with E-state index in [1.165, 1.54) is 54.4 Å². The number of ether oxygens (including phenoxy) is 1. The van der Waals surface area contributed by atoms with E-state index < -0.39 is 0 Å². The van der Waals surface area contributed by atoms with Gasteiger partial charge in [0.2, 0.25) is 0 Å². The maximum absolute atomic E-state index is 10.4. The number of carbonyl (C=O) groups is 2. The van der Waals surface area contributed by atoms with Crippen molar-refractivity contribution in [3.05, 3.63) is 59.7 Å².